The number of benzene rings is 1. The molecule has 0 radical (unpaired) electrons. The number of carbonyl (C=O) groups excluding carboxylic acids is 2. The zero-order valence-electron chi connectivity index (χ0n) is 15.4. The summed E-state index contributed by atoms with van der Waals surface area (Å²) >= 11 is 0. The van der Waals surface area contributed by atoms with E-state index >= 15 is 0 Å². The van der Waals surface area contributed by atoms with Crippen LogP contribution < -0.4 is 5.32 Å². The fourth-order valence-corrected chi connectivity index (χ4v) is 3.17. The largest absolute Gasteiger partial charge is 0.371 e. The molecule has 0 aliphatic carbocycles. The average molecular weight is 350 g/mol. The van der Waals surface area contributed by atoms with Crippen LogP contribution in [0.3, 0.4) is 0 Å². The number of likely N-dealkylation sites (tertiary alicyclic amines) is 1. The van der Waals surface area contributed by atoms with E-state index in [-0.39, 0.29) is 17.6 Å². The maximum Gasteiger partial charge on any atom is 0.247 e. The molecule has 0 saturated carbocycles. The number of anilines is 1. The number of hydrogen-bond acceptors (Lipinski definition) is 4. The van der Waals surface area contributed by atoms with Crippen molar-refractivity contribution >= 4 is 17.5 Å². The highest BCUT2D eigenvalue weighted by molar-refractivity contribution is 5.90. The normalized spacial score (nSPS) is 16.6. The van der Waals surface area contributed by atoms with Gasteiger partial charge in [0.25, 0.3) is 0 Å². The summed E-state index contributed by atoms with van der Waals surface area (Å²) in [5, 5.41) is 3.24. The number of amides is 2. The molecule has 0 spiro atoms. The molecule has 0 bridgehead atoms. The second-order valence-corrected chi connectivity index (χ2v) is 7.04. The minimum absolute atomic E-state index is 0.0571. The van der Waals surface area contributed by atoms with Gasteiger partial charge in [-0.1, -0.05) is 6.07 Å². The Balaban J connectivity index is 2.16. The Morgan fingerprint density at radius 2 is 1.84 bits per heavy atom. The van der Waals surface area contributed by atoms with Crippen molar-refractivity contribution in [2.45, 2.75) is 18.4 Å². The molecule has 0 aromatic heterocycles. The van der Waals surface area contributed by atoms with Gasteiger partial charge < -0.3 is 20.0 Å². The van der Waals surface area contributed by atoms with E-state index in [1.807, 2.05) is 19.0 Å². The molecule has 1 fully saturated rings. The zero-order chi connectivity index (χ0) is 18.6. The van der Waals surface area contributed by atoms with E-state index in [4.69, 9.17) is 0 Å². The SMILES string of the molecule is CN(C)CC(=O)N1CCC(Nc2cccc(F)c2)(C(=O)N(C)C)CC1. The van der Waals surface area contributed by atoms with Crippen molar-refractivity contribution < 1.29 is 14.0 Å². The van der Waals surface area contributed by atoms with Gasteiger partial charge in [0.2, 0.25) is 11.8 Å². The Morgan fingerprint density at radius 3 is 2.36 bits per heavy atom. The third kappa shape index (κ3) is 4.69. The lowest BCUT2D eigenvalue weighted by Gasteiger charge is -2.43. The van der Waals surface area contributed by atoms with E-state index < -0.39 is 5.54 Å². The molecule has 1 heterocycles. The number of carbonyl (C=O) groups is 2. The van der Waals surface area contributed by atoms with Crippen molar-refractivity contribution in [1.82, 2.24) is 14.7 Å². The molecule has 138 valence electrons. The topological polar surface area (TPSA) is 55.9 Å². The van der Waals surface area contributed by atoms with Crippen LogP contribution in [-0.4, -0.2) is 79.9 Å². The molecule has 25 heavy (non-hydrogen) atoms. The van der Waals surface area contributed by atoms with Crippen LogP contribution in [0.1, 0.15) is 12.8 Å². The summed E-state index contributed by atoms with van der Waals surface area (Å²) in [7, 11) is 7.13. The molecule has 1 aromatic rings. The number of rotatable bonds is 5. The number of likely N-dealkylation sites (N-methyl/N-ethyl adjacent to an activating group) is 2. The van der Waals surface area contributed by atoms with Gasteiger partial charge in [0.05, 0.1) is 6.54 Å². The average Bonchev–Trinajstić information content (AvgIpc) is 2.54. The molecule has 1 aromatic carbocycles. The van der Waals surface area contributed by atoms with Crippen LogP contribution >= 0.6 is 0 Å². The number of hydrogen-bond donors (Lipinski definition) is 1. The van der Waals surface area contributed by atoms with Crippen molar-refractivity contribution in [3.63, 3.8) is 0 Å². The lowest BCUT2D eigenvalue weighted by Crippen LogP contribution is -2.59. The number of nitrogens with zero attached hydrogens (tertiary/aromatic N) is 3. The van der Waals surface area contributed by atoms with Crippen LogP contribution in [0, 0.1) is 5.82 Å². The van der Waals surface area contributed by atoms with Gasteiger partial charge in [-0.05, 0) is 45.1 Å². The van der Waals surface area contributed by atoms with Crippen LogP contribution in [0.5, 0.6) is 0 Å². The minimum atomic E-state index is -0.827. The molecule has 2 amide bonds. The van der Waals surface area contributed by atoms with E-state index in [0.29, 0.717) is 38.2 Å². The van der Waals surface area contributed by atoms with Crippen LogP contribution in [-0.2, 0) is 9.59 Å². The fourth-order valence-electron chi connectivity index (χ4n) is 3.17. The first-order valence-electron chi connectivity index (χ1n) is 8.41. The third-order valence-electron chi connectivity index (χ3n) is 4.44. The number of nitrogens with one attached hydrogen (secondary N) is 1. The summed E-state index contributed by atoms with van der Waals surface area (Å²) in [6, 6.07) is 6.11. The van der Waals surface area contributed by atoms with Gasteiger partial charge in [-0.2, -0.15) is 0 Å². The van der Waals surface area contributed by atoms with E-state index in [9.17, 15) is 14.0 Å². The molecule has 0 unspecified atom stereocenters. The molecule has 1 aliphatic rings. The lowest BCUT2D eigenvalue weighted by atomic mass is 9.85. The molecular formula is C18H27FN4O2. The second-order valence-electron chi connectivity index (χ2n) is 7.04. The zero-order valence-corrected chi connectivity index (χ0v) is 15.4. The van der Waals surface area contributed by atoms with E-state index in [0.717, 1.165) is 0 Å². The fraction of sp³-hybridized carbons (Fsp3) is 0.556. The summed E-state index contributed by atoms with van der Waals surface area (Å²) in [5.41, 5.74) is -0.255. The van der Waals surface area contributed by atoms with Gasteiger partial charge in [0.15, 0.2) is 0 Å². The van der Waals surface area contributed by atoms with Crippen LogP contribution in [0.2, 0.25) is 0 Å². The molecule has 1 N–H and O–H groups in total. The second kappa shape index (κ2) is 7.82. The van der Waals surface area contributed by atoms with Gasteiger partial charge in [-0.25, -0.2) is 4.39 Å². The van der Waals surface area contributed by atoms with Gasteiger partial charge in [-0.15, -0.1) is 0 Å². The quantitative estimate of drug-likeness (QED) is 0.868. The third-order valence-corrected chi connectivity index (χ3v) is 4.44. The standard InChI is InChI=1S/C18H27FN4O2/c1-21(2)13-16(24)23-10-8-18(9-11-23,17(25)22(3)4)20-15-7-5-6-14(19)12-15/h5-7,12,20H,8-11,13H2,1-4H3. The highest BCUT2D eigenvalue weighted by atomic mass is 19.1. The predicted octanol–water partition coefficient (Wildman–Crippen LogP) is 1.25. The Bertz CT molecular complexity index is 625. The molecular weight excluding hydrogens is 323 g/mol. The Kier molecular flexibility index (Phi) is 6.00. The first-order valence-corrected chi connectivity index (χ1v) is 8.41. The molecule has 1 aliphatic heterocycles. The molecule has 1 saturated heterocycles. The van der Waals surface area contributed by atoms with Crippen molar-refractivity contribution in [3.05, 3.63) is 30.1 Å². The van der Waals surface area contributed by atoms with E-state index in [2.05, 4.69) is 5.32 Å². The van der Waals surface area contributed by atoms with Gasteiger partial charge >= 0.3 is 0 Å². The highest BCUT2D eigenvalue weighted by Gasteiger charge is 2.43. The van der Waals surface area contributed by atoms with E-state index in [1.54, 1.807) is 36.0 Å². The summed E-state index contributed by atoms with van der Waals surface area (Å²) in [6.07, 6.45) is 0.972. The first kappa shape index (κ1) is 19.2. The first-order chi connectivity index (χ1) is 11.7. The smallest absolute Gasteiger partial charge is 0.247 e. The van der Waals surface area contributed by atoms with Crippen molar-refractivity contribution in [2.24, 2.45) is 0 Å². The number of piperidine rings is 1. The van der Waals surface area contributed by atoms with E-state index in [1.165, 1.54) is 12.1 Å². The molecule has 0 atom stereocenters. The van der Waals surface area contributed by atoms with Crippen LogP contribution in [0.4, 0.5) is 10.1 Å². The summed E-state index contributed by atoms with van der Waals surface area (Å²) < 4.78 is 13.5. The van der Waals surface area contributed by atoms with Crippen molar-refractivity contribution in [2.75, 3.05) is 53.1 Å². The number of halogens is 1. The summed E-state index contributed by atoms with van der Waals surface area (Å²) in [4.78, 5) is 30.2. The Morgan fingerprint density at radius 1 is 1.20 bits per heavy atom. The van der Waals surface area contributed by atoms with Crippen LogP contribution in [0.15, 0.2) is 24.3 Å². The van der Waals surface area contributed by atoms with Crippen molar-refractivity contribution in [3.8, 4) is 0 Å². The molecule has 2 rings (SSSR count). The van der Waals surface area contributed by atoms with Gasteiger partial charge in [-0.3, -0.25) is 9.59 Å². The highest BCUT2D eigenvalue weighted by Crippen LogP contribution is 2.29. The minimum Gasteiger partial charge on any atom is -0.371 e. The Hall–Kier alpha value is -2.15. The maximum atomic E-state index is 13.5. The monoisotopic (exact) mass is 350 g/mol. The Labute approximate surface area is 148 Å². The van der Waals surface area contributed by atoms with Gasteiger partial charge in [0, 0.05) is 32.9 Å². The maximum absolute atomic E-state index is 13.5. The van der Waals surface area contributed by atoms with Crippen LogP contribution in [0.25, 0.3) is 0 Å². The molecule has 6 nitrogen and oxygen atoms in total. The summed E-state index contributed by atoms with van der Waals surface area (Å²) in [5.74, 6) is -0.353. The molecule has 7 heteroatoms. The predicted molar refractivity (Wildman–Crippen MR) is 95.8 cm³/mol. The lowest BCUT2D eigenvalue weighted by molar-refractivity contribution is -0.139. The van der Waals surface area contributed by atoms with Gasteiger partial charge in [0.1, 0.15) is 11.4 Å². The van der Waals surface area contributed by atoms with Crippen molar-refractivity contribution in [1.29, 1.82) is 0 Å². The summed E-state index contributed by atoms with van der Waals surface area (Å²) in [6.45, 7) is 1.34.